The SMILES string of the molecule is Cc1cccc(N2CCN(C(=O)c3cc(-c4ccc(F)cc4)n(C)n3)CC2)c1C. The molecular weight excluding hydrogens is 367 g/mol. The monoisotopic (exact) mass is 392 g/mol. The molecule has 0 unspecified atom stereocenters. The van der Waals surface area contributed by atoms with E-state index in [0.29, 0.717) is 18.8 Å². The molecule has 1 aliphatic heterocycles. The molecule has 1 amide bonds. The van der Waals surface area contributed by atoms with Crippen molar-refractivity contribution in [1.82, 2.24) is 14.7 Å². The fourth-order valence-electron chi connectivity index (χ4n) is 3.85. The molecule has 1 fully saturated rings. The largest absolute Gasteiger partial charge is 0.368 e. The quantitative estimate of drug-likeness (QED) is 0.681. The molecule has 4 rings (SSSR count). The average Bonchev–Trinajstić information content (AvgIpc) is 3.12. The van der Waals surface area contributed by atoms with Gasteiger partial charge in [-0.3, -0.25) is 9.48 Å². The van der Waals surface area contributed by atoms with Crippen LogP contribution in [-0.2, 0) is 7.05 Å². The van der Waals surface area contributed by atoms with Gasteiger partial charge in [0.05, 0.1) is 5.69 Å². The minimum Gasteiger partial charge on any atom is -0.368 e. The van der Waals surface area contributed by atoms with E-state index >= 15 is 0 Å². The minimum atomic E-state index is -0.283. The van der Waals surface area contributed by atoms with Crippen molar-refractivity contribution in [3.63, 3.8) is 0 Å². The van der Waals surface area contributed by atoms with Gasteiger partial charge in [-0.05, 0) is 66.9 Å². The molecule has 0 bridgehead atoms. The Hall–Kier alpha value is -3.15. The molecule has 6 heteroatoms. The number of aromatic nitrogens is 2. The van der Waals surface area contributed by atoms with Crippen LogP contribution in [0.25, 0.3) is 11.3 Å². The first-order valence-corrected chi connectivity index (χ1v) is 9.84. The lowest BCUT2D eigenvalue weighted by Crippen LogP contribution is -2.49. The summed E-state index contributed by atoms with van der Waals surface area (Å²) in [6.07, 6.45) is 0. The highest BCUT2D eigenvalue weighted by Crippen LogP contribution is 2.25. The molecule has 2 heterocycles. The Balaban J connectivity index is 1.47. The molecule has 1 aromatic heterocycles. The Bertz CT molecular complexity index is 1030. The lowest BCUT2D eigenvalue weighted by atomic mass is 10.1. The summed E-state index contributed by atoms with van der Waals surface area (Å²) in [4.78, 5) is 17.2. The predicted octanol–water partition coefficient (Wildman–Crippen LogP) is 3.81. The molecule has 150 valence electrons. The van der Waals surface area contributed by atoms with E-state index in [2.05, 4.69) is 42.0 Å². The van der Waals surface area contributed by atoms with Crippen molar-refractivity contribution in [2.24, 2.45) is 7.05 Å². The van der Waals surface area contributed by atoms with Crippen LogP contribution >= 0.6 is 0 Å². The van der Waals surface area contributed by atoms with Crippen LogP contribution in [0.15, 0.2) is 48.5 Å². The number of carbonyl (C=O) groups excluding carboxylic acids is 1. The number of hydrogen-bond donors (Lipinski definition) is 0. The topological polar surface area (TPSA) is 41.4 Å². The first-order valence-electron chi connectivity index (χ1n) is 9.84. The summed E-state index contributed by atoms with van der Waals surface area (Å²) >= 11 is 0. The van der Waals surface area contributed by atoms with Crippen molar-refractivity contribution in [2.45, 2.75) is 13.8 Å². The Labute approximate surface area is 170 Å². The van der Waals surface area contributed by atoms with E-state index < -0.39 is 0 Å². The summed E-state index contributed by atoms with van der Waals surface area (Å²) in [6, 6.07) is 14.4. The Morgan fingerprint density at radius 2 is 1.69 bits per heavy atom. The fourth-order valence-corrected chi connectivity index (χ4v) is 3.85. The highest BCUT2D eigenvalue weighted by atomic mass is 19.1. The summed E-state index contributed by atoms with van der Waals surface area (Å²) in [5, 5.41) is 4.41. The number of nitrogens with zero attached hydrogens (tertiary/aromatic N) is 4. The zero-order chi connectivity index (χ0) is 20.5. The number of halogens is 1. The summed E-state index contributed by atoms with van der Waals surface area (Å²) in [5.41, 5.74) is 5.87. The third-order valence-electron chi connectivity index (χ3n) is 5.72. The van der Waals surface area contributed by atoms with Gasteiger partial charge in [0.15, 0.2) is 5.69 Å². The molecule has 5 nitrogen and oxygen atoms in total. The predicted molar refractivity (Wildman–Crippen MR) is 113 cm³/mol. The van der Waals surface area contributed by atoms with E-state index in [0.717, 1.165) is 24.3 Å². The molecule has 0 spiro atoms. The Morgan fingerprint density at radius 1 is 1.00 bits per heavy atom. The van der Waals surface area contributed by atoms with Crippen molar-refractivity contribution in [3.8, 4) is 11.3 Å². The van der Waals surface area contributed by atoms with E-state index in [1.165, 1.54) is 28.9 Å². The lowest BCUT2D eigenvalue weighted by Gasteiger charge is -2.36. The third-order valence-corrected chi connectivity index (χ3v) is 5.72. The van der Waals surface area contributed by atoms with Crippen molar-refractivity contribution in [2.75, 3.05) is 31.1 Å². The molecule has 0 saturated carbocycles. The maximum Gasteiger partial charge on any atom is 0.274 e. The van der Waals surface area contributed by atoms with Gasteiger partial charge in [0.25, 0.3) is 5.91 Å². The molecule has 1 aliphatic rings. The molecular formula is C23H25FN4O. The number of benzene rings is 2. The number of carbonyl (C=O) groups is 1. The van der Waals surface area contributed by atoms with E-state index in [-0.39, 0.29) is 11.7 Å². The second-order valence-electron chi connectivity index (χ2n) is 7.54. The Kier molecular flexibility index (Phi) is 5.09. The normalized spacial score (nSPS) is 14.3. The smallest absolute Gasteiger partial charge is 0.274 e. The van der Waals surface area contributed by atoms with Crippen LogP contribution < -0.4 is 4.90 Å². The molecule has 0 radical (unpaired) electrons. The van der Waals surface area contributed by atoms with Crippen LogP contribution in [0.2, 0.25) is 0 Å². The van der Waals surface area contributed by atoms with Crippen molar-refractivity contribution in [1.29, 1.82) is 0 Å². The highest BCUT2D eigenvalue weighted by Gasteiger charge is 2.25. The van der Waals surface area contributed by atoms with Crippen molar-refractivity contribution in [3.05, 3.63) is 71.2 Å². The summed E-state index contributed by atoms with van der Waals surface area (Å²) in [5.74, 6) is -0.344. The van der Waals surface area contributed by atoms with E-state index in [9.17, 15) is 9.18 Å². The van der Waals surface area contributed by atoms with Gasteiger partial charge < -0.3 is 9.80 Å². The maximum absolute atomic E-state index is 13.2. The van der Waals surface area contributed by atoms with Gasteiger partial charge >= 0.3 is 0 Å². The van der Waals surface area contributed by atoms with Gasteiger partial charge in [0, 0.05) is 38.9 Å². The highest BCUT2D eigenvalue weighted by molar-refractivity contribution is 5.93. The number of amides is 1. The van der Waals surface area contributed by atoms with Gasteiger partial charge in [-0.1, -0.05) is 12.1 Å². The first-order chi connectivity index (χ1) is 13.9. The number of anilines is 1. The van der Waals surface area contributed by atoms with Crippen LogP contribution in [0.3, 0.4) is 0 Å². The van der Waals surface area contributed by atoms with Gasteiger partial charge in [-0.2, -0.15) is 5.10 Å². The second kappa shape index (κ2) is 7.70. The fraction of sp³-hybridized carbons (Fsp3) is 0.304. The zero-order valence-electron chi connectivity index (χ0n) is 17.0. The van der Waals surface area contributed by atoms with Crippen LogP contribution in [0.5, 0.6) is 0 Å². The second-order valence-corrected chi connectivity index (χ2v) is 7.54. The van der Waals surface area contributed by atoms with Crippen molar-refractivity contribution >= 4 is 11.6 Å². The molecule has 0 N–H and O–H groups in total. The molecule has 0 atom stereocenters. The summed E-state index contributed by atoms with van der Waals surface area (Å²) in [6.45, 7) is 7.19. The molecule has 29 heavy (non-hydrogen) atoms. The first kappa shape index (κ1) is 19.2. The van der Waals surface area contributed by atoms with Crippen LogP contribution in [0.1, 0.15) is 21.6 Å². The third kappa shape index (κ3) is 3.75. The van der Waals surface area contributed by atoms with Gasteiger partial charge in [0.2, 0.25) is 0 Å². The minimum absolute atomic E-state index is 0.0606. The molecule has 2 aromatic carbocycles. The number of piperazine rings is 1. The summed E-state index contributed by atoms with van der Waals surface area (Å²) in [7, 11) is 1.80. The van der Waals surface area contributed by atoms with Crippen LogP contribution in [-0.4, -0.2) is 46.8 Å². The van der Waals surface area contributed by atoms with Gasteiger partial charge in [-0.15, -0.1) is 0 Å². The standard InChI is InChI=1S/C23H25FN4O/c1-16-5-4-6-21(17(16)2)27-11-13-28(14-12-27)23(29)20-15-22(26(3)25-20)18-7-9-19(24)10-8-18/h4-10,15H,11-14H2,1-3H3. The zero-order valence-corrected chi connectivity index (χ0v) is 17.0. The van der Waals surface area contributed by atoms with E-state index in [1.54, 1.807) is 29.9 Å². The van der Waals surface area contributed by atoms with E-state index in [4.69, 9.17) is 0 Å². The van der Waals surface area contributed by atoms with E-state index in [1.807, 2.05) is 4.90 Å². The maximum atomic E-state index is 13.2. The summed E-state index contributed by atoms with van der Waals surface area (Å²) < 4.78 is 14.9. The number of rotatable bonds is 3. The average molecular weight is 392 g/mol. The Morgan fingerprint density at radius 3 is 2.38 bits per heavy atom. The van der Waals surface area contributed by atoms with Gasteiger partial charge in [-0.25, -0.2) is 4.39 Å². The molecule has 3 aromatic rings. The van der Waals surface area contributed by atoms with Crippen LogP contribution in [0, 0.1) is 19.7 Å². The lowest BCUT2D eigenvalue weighted by molar-refractivity contribution is 0.0740. The van der Waals surface area contributed by atoms with Crippen molar-refractivity contribution < 1.29 is 9.18 Å². The molecule has 0 aliphatic carbocycles. The number of hydrogen-bond acceptors (Lipinski definition) is 3. The van der Waals surface area contributed by atoms with Crippen LogP contribution in [0.4, 0.5) is 10.1 Å². The molecule has 1 saturated heterocycles. The van der Waals surface area contributed by atoms with Gasteiger partial charge in [0.1, 0.15) is 5.82 Å². The number of aryl methyl sites for hydroxylation is 2.